The Kier molecular flexibility index (Phi) is 12.9. The van der Waals surface area contributed by atoms with E-state index in [0.717, 1.165) is 24.1 Å². The van der Waals surface area contributed by atoms with Gasteiger partial charge in [0, 0.05) is 36.6 Å². The average Bonchev–Trinajstić information content (AvgIpc) is 2.48. The van der Waals surface area contributed by atoms with E-state index in [1.54, 1.807) is 11.3 Å². The topological polar surface area (TPSA) is 37.0 Å². The van der Waals surface area contributed by atoms with Crippen molar-refractivity contribution in [1.82, 2.24) is 4.98 Å². The van der Waals surface area contributed by atoms with Gasteiger partial charge < -0.3 is 47.9 Å². The summed E-state index contributed by atoms with van der Waals surface area (Å²) in [6.07, 6.45) is 0. The van der Waals surface area contributed by atoms with Crippen LogP contribution in [0.25, 0.3) is 20.4 Å². The molecule has 3 rings (SSSR count). The summed E-state index contributed by atoms with van der Waals surface area (Å²) in [5.74, 6) is 0. The van der Waals surface area contributed by atoms with Crippen molar-refractivity contribution in [1.29, 1.82) is 0 Å². The summed E-state index contributed by atoms with van der Waals surface area (Å²) in [6, 6.07) is 8.80. The molecule has 3 aromatic rings. The Labute approximate surface area is 190 Å². The van der Waals surface area contributed by atoms with Crippen LogP contribution in [-0.2, 0) is 19.5 Å². The van der Waals surface area contributed by atoms with Gasteiger partial charge in [-0.2, -0.15) is 0 Å². The first-order valence-corrected chi connectivity index (χ1v) is 8.60. The number of hydrogen-bond donors (Lipinski definition) is 2. The predicted molar refractivity (Wildman–Crippen MR) is 99.3 cm³/mol. The van der Waals surface area contributed by atoms with E-state index in [-0.39, 0.29) is 56.7 Å². The number of nitrogens with zero attached hydrogens (tertiary/aromatic N) is 1. The van der Waals surface area contributed by atoms with Gasteiger partial charge in [-0.05, 0) is 51.0 Å². The Hall–Kier alpha value is -0.447. The number of aromatic nitrogens is 1. The Balaban J connectivity index is 0. The molecule has 0 atom stereocenters. The van der Waals surface area contributed by atoms with Crippen LogP contribution in [0.3, 0.4) is 0 Å². The molecule has 138 valence electrons. The van der Waals surface area contributed by atoms with E-state index in [1.807, 2.05) is 0 Å². The zero-order valence-electron chi connectivity index (χ0n) is 15.4. The summed E-state index contributed by atoms with van der Waals surface area (Å²) < 4.78 is 2.45. The van der Waals surface area contributed by atoms with Crippen molar-refractivity contribution in [3.8, 4) is 0 Å². The molecule has 0 fully saturated rings. The third kappa shape index (κ3) is 5.77. The van der Waals surface area contributed by atoms with Gasteiger partial charge >= 0.3 is 19.5 Å². The molecule has 0 aliphatic carbocycles. The standard InChI is InChI=1S/C18H22N3S.3ClH.Zn/c1-5-19-13-9-17-15(7-11(13)3)21-16-8-12(4)14(20-6-2)10-18(16)22-17;;;;/h7-10,19-20H,5-6H2,1-4H3;3*1H;/q+1;;;;+2/p-3. The van der Waals surface area contributed by atoms with Gasteiger partial charge in [0.15, 0.2) is 0 Å². The molecule has 3 nitrogen and oxygen atoms in total. The predicted octanol–water partition coefficient (Wildman–Crippen LogP) is -3.78. The molecule has 0 saturated heterocycles. The van der Waals surface area contributed by atoms with Crippen LogP contribution in [0.2, 0.25) is 0 Å². The average molecular weight is 484 g/mol. The van der Waals surface area contributed by atoms with Crippen molar-refractivity contribution in [2.75, 3.05) is 23.7 Å². The van der Waals surface area contributed by atoms with Crippen molar-refractivity contribution in [3.63, 3.8) is 0 Å². The van der Waals surface area contributed by atoms with Crippen molar-refractivity contribution < 1.29 is 56.7 Å². The van der Waals surface area contributed by atoms with Gasteiger partial charge in [0.2, 0.25) is 11.3 Å². The summed E-state index contributed by atoms with van der Waals surface area (Å²) >= 11 is 1.81. The van der Waals surface area contributed by atoms with E-state index in [9.17, 15) is 0 Å². The van der Waals surface area contributed by atoms with E-state index in [4.69, 9.17) is 4.98 Å². The van der Waals surface area contributed by atoms with Gasteiger partial charge in [0.25, 0.3) is 9.40 Å². The Morgan fingerprint density at radius 1 is 0.769 bits per heavy atom. The molecule has 0 radical (unpaired) electrons. The van der Waals surface area contributed by atoms with Crippen LogP contribution >= 0.6 is 11.3 Å². The molecule has 0 bridgehead atoms. The maximum Gasteiger partial charge on any atom is 2.00 e. The molecule has 8 heteroatoms. The third-order valence-corrected chi connectivity index (χ3v) is 4.90. The number of halogens is 3. The van der Waals surface area contributed by atoms with Crippen molar-refractivity contribution in [3.05, 3.63) is 35.4 Å². The first-order chi connectivity index (χ1) is 10.6. The van der Waals surface area contributed by atoms with Crippen LogP contribution in [0.5, 0.6) is 0 Å². The molecule has 0 aliphatic rings. The minimum absolute atomic E-state index is 0. The number of fused-ring (bicyclic) bond motifs is 2. The number of anilines is 2. The molecule has 1 heterocycles. The van der Waals surface area contributed by atoms with Gasteiger partial charge in [0.05, 0.1) is 0 Å². The first-order valence-electron chi connectivity index (χ1n) is 7.79. The normalized spacial score (nSPS) is 9.38. The fourth-order valence-electron chi connectivity index (χ4n) is 2.69. The first kappa shape index (κ1) is 27.8. The number of benzene rings is 2. The van der Waals surface area contributed by atoms with Crippen LogP contribution in [0, 0.1) is 13.8 Å². The molecule has 2 aromatic carbocycles. The van der Waals surface area contributed by atoms with E-state index in [1.165, 1.54) is 31.9 Å². The van der Waals surface area contributed by atoms with Crippen molar-refractivity contribution in [2.24, 2.45) is 0 Å². The molecule has 2 N–H and O–H groups in total. The van der Waals surface area contributed by atoms with Gasteiger partial charge in [-0.1, -0.05) is 0 Å². The van der Waals surface area contributed by atoms with Crippen molar-refractivity contribution >= 4 is 43.1 Å². The minimum atomic E-state index is 0. The van der Waals surface area contributed by atoms with Gasteiger partial charge in [-0.25, -0.2) is 4.98 Å². The van der Waals surface area contributed by atoms with Gasteiger partial charge in [-0.3, -0.25) is 0 Å². The molecule has 26 heavy (non-hydrogen) atoms. The van der Waals surface area contributed by atoms with Gasteiger partial charge in [-0.15, -0.1) is 0 Å². The fourth-order valence-corrected chi connectivity index (χ4v) is 3.70. The SMILES string of the molecule is CCNc1cc2[s+]c3cc(NCC)c(C)cc3nc2cc1C.[Cl-].[Cl-].[Cl-].[Zn+2]. The second-order valence-electron chi connectivity index (χ2n) is 5.54. The van der Waals surface area contributed by atoms with Gasteiger partial charge in [0.1, 0.15) is 11.0 Å². The zero-order valence-corrected chi connectivity index (χ0v) is 21.5. The van der Waals surface area contributed by atoms with E-state index < -0.39 is 0 Å². The Morgan fingerprint density at radius 2 is 1.15 bits per heavy atom. The molecule has 0 unspecified atom stereocenters. The Bertz CT molecular complexity index is 795. The molecule has 0 spiro atoms. The quantitative estimate of drug-likeness (QED) is 0.227. The molecular weight excluding hydrogens is 462 g/mol. The summed E-state index contributed by atoms with van der Waals surface area (Å²) in [6.45, 7) is 10.4. The number of hydrogen-bond acceptors (Lipinski definition) is 3. The fraction of sp³-hybridized carbons (Fsp3) is 0.333. The maximum atomic E-state index is 4.86. The van der Waals surface area contributed by atoms with E-state index in [0.29, 0.717) is 0 Å². The molecule has 1 aromatic heterocycles. The molecule has 0 saturated carbocycles. The van der Waals surface area contributed by atoms with Crippen molar-refractivity contribution in [2.45, 2.75) is 27.7 Å². The minimum Gasteiger partial charge on any atom is -1.00 e. The largest absolute Gasteiger partial charge is 2.00 e. The molecule has 0 aliphatic heterocycles. The van der Waals surface area contributed by atoms with E-state index >= 15 is 0 Å². The zero-order chi connectivity index (χ0) is 15.7. The summed E-state index contributed by atoms with van der Waals surface area (Å²) in [5, 5.41) is 6.85. The maximum absolute atomic E-state index is 4.86. The third-order valence-electron chi connectivity index (χ3n) is 3.81. The second-order valence-corrected chi connectivity index (χ2v) is 6.63. The van der Waals surface area contributed by atoms with Crippen LogP contribution < -0.4 is 47.9 Å². The molecule has 0 amide bonds. The number of nitrogens with one attached hydrogen (secondary N) is 2. The Morgan fingerprint density at radius 3 is 1.50 bits per heavy atom. The monoisotopic (exact) mass is 481 g/mol. The van der Waals surface area contributed by atoms with Crippen LogP contribution in [-0.4, -0.2) is 18.1 Å². The van der Waals surface area contributed by atoms with E-state index in [2.05, 4.69) is 62.6 Å². The number of rotatable bonds is 4. The summed E-state index contributed by atoms with van der Waals surface area (Å²) in [5.41, 5.74) is 7.04. The second kappa shape index (κ2) is 12.1. The summed E-state index contributed by atoms with van der Waals surface area (Å²) in [4.78, 5) is 4.86. The number of aryl methyl sites for hydroxylation is 2. The van der Waals surface area contributed by atoms with Crippen LogP contribution in [0.15, 0.2) is 24.3 Å². The molecular formula is C18H22Cl3N3SZn. The van der Waals surface area contributed by atoms with Crippen LogP contribution in [0.1, 0.15) is 25.0 Å². The summed E-state index contributed by atoms with van der Waals surface area (Å²) in [7, 11) is 0. The smallest absolute Gasteiger partial charge is 1.00 e. The van der Waals surface area contributed by atoms with Crippen LogP contribution in [0.4, 0.5) is 11.4 Å².